The van der Waals surface area contributed by atoms with Crippen LogP contribution in [0, 0.1) is 0 Å². The van der Waals surface area contributed by atoms with Gasteiger partial charge in [-0.3, -0.25) is 0 Å². The van der Waals surface area contributed by atoms with Crippen LogP contribution in [-0.4, -0.2) is 35.1 Å². The zero-order valence-electron chi connectivity index (χ0n) is 39.8. The zero-order chi connectivity index (χ0) is 44.2. The second-order valence-electron chi connectivity index (χ2n) is 22.7. The highest BCUT2D eigenvalue weighted by molar-refractivity contribution is 7.41. The average Bonchev–Trinajstić information content (AvgIpc) is 3.04. The van der Waals surface area contributed by atoms with Gasteiger partial charge in [0.05, 0.1) is 19.8 Å². The summed E-state index contributed by atoms with van der Waals surface area (Å²) in [5.41, 5.74) is 8.32. The summed E-state index contributed by atoms with van der Waals surface area (Å²) in [5, 5.41) is 33.7. The lowest BCUT2D eigenvalue weighted by atomic mass is 9.78. The van der Waals surface area contributed by atoms with Gasteiger partial charge in [-0.2, -0.15) is 0 Å². The monoisotopic (exact) mass is 821 g/mol. The lowest BCUT2D eigenvalue weighted by Crippen LogP contribution is -2.18. The van der Waals surface area contributed by atoms with Crippen LogP contribution in [0.2, 0.25) is 0 Å². The fraction of sp³-hybridized carbons (Fsp3) is 0.647. The van der Waals surface area contributed by atoms with Gasteiger partial charge >= 0.3 is 8.60 Å². The van der Waals surface area contributed by atoms with Gasteiger partial charge in [-0.05, 0) is 121 Å². The molecule has 0 atom stereocenters. The second-order valence-corrected chi connectivity index (χ2v) is 23.9. The first-order chi connectivity index (χ1) is 26.3. The molecule has 0 spiro atoms. The van der Waals surface area contributed by atoms with Crippen LogP contribution in [-0.2, 0) is 65.3 Å². The van der Waals surface area contributed by atoms with E-state index in [-0.39, 0.29) is 32.5 Å². The molecule has 7 heteroatoms. The molecule has 0 aliphatic heterocycles. The van der Waals surface area contributed by atoms with Crippen molar-refractivity contribution in [1.29, 1.82) is 0 Å². The van der Waals surface area contributed by atoms with Gasteiger partial charge in [-0.15, -0.1) is 0 Å². The van der Waals surface area contributed by atoms with Crippen LogP contribution in [0.3, 0.4) is 0 Å². The summed E-state index contributed by atoms with van der Waals surface area (Å²) in [6, 6.07) is 12.9. The van der Waals surface area contributed by atoms with Gasteiger partial charge in [0.15, 0.2) is 0 Å². The molecule has 0 heterocycles. The third-order valence-electron chi connectivity index (χ3n) is 10.8. The number of aromatic hydroxyl groups is 3. The van der Waals surface area contributed by atoms with Gasteiger partial charge in [-0.25, -0.2) is 0 Å². The van der Waals surface area contributed by atoms with Crippen molar-refractivity contribution in [3.05, 3.63) is 86.5 Å². The molecule has 0 saturated carbocycles. The summed E-state index contributed by atoms with van der Waals surface area (Å²) in [6.07, 6.45) is 4.82. The predicted octanol–water partition coefficient (Wildman–Crippen LogP) is 14.1. The molecule has 3 rings (SSSR count). The Balaban J connectivity index is 1.76. The molecule has 0 aliphatic rings. The molecule has 0 radical (unpaired) electrons. The maximum absolute atomic E-state index is 11.2. The highest BCUT2D eigenvalue weighted by Crippen LogP contribution is 2.44. The fourth-order valence-electron chi connectivity index (χ4n) is 7.30. The molecule has 0 amide bonds. The van der Waals surface area contributed by atoms with Crippen molar-refractivity contribution in [2.75, 3.05) is 19.8 Å². The van der Waals surface area contributed by atoms with Crippen LogP contribution >= 0.6 is 8.60 Å². The van der Waals surface area contributed by atoms with E-state index in [1.54, 1.807) is 0 Å². The summed E-state index contributed by atoms with van der Waals surface area (Å²) >= 11 is 0. The molecule has 0 aliphatic carbocycles. The smallest absolute Gasteiger partial charge is 0.332 e. The number of rotatable bonds is 15. The van der Waals surface area contributed by atoms with E-state index in [1.807, 2.05) is 0 Å². The average molecular weight is 821 g/mol. The van der Waals surface area contributed by atoms with Gasteiger partial charge in [0.25, 0.3) is 0 Å². The fourth-order valence-corrected chi connectivity index (χ4v) is 8.36. The van der Waals surface area contributed by atoms with Crippen molar-refractivity contribution in [1.82, 2.24) is 0 Å². The SMILES string of the molecule is CC(C)(C)c1cc(CCCOP(OCCCc2cc(C(C)(C)C)c(O)c(C(C)(C)C)c2)OCCCc2cc(C(C)(C)C)c(O)c(C(C)(C)C)c2)cc(C(C)(C)C)c1O. The van der Waals surface area contributed by atoms with Gasteiger partial charge in [0.1, 0.15) is 17.2 Å². The number of hydrogen-bond donors (Lipinski definition) is 3. The lowest BCUT2D eigenvalue weighted by Gasteiger charge is -2.28. The summed E-state index contributed by atoms with van der Waals surface area (Å²) < 4.78 is 19.1. The maximum atomic E-state index is 11.2. The van der Waals surface area contributed by atoms with E-state index in [4.69, 9.17) is 13.6 Å². The number of phenols is 3. The Bertz CT molecular complexity index is 1500. The Morgan fingerprint density at radius 1 is 0.345 bits per heavy atom. The molecule has 326 valence electrons. The van der Waals surface area contributed by atoms with E-state index in [1.165, 1.54) is 16.7 Å². The van der Waals surface area contributed by atoms with Crippen LogP contribution in [0.1, 0.15) is 194 Å². The van der Waals surface area contributed by atoms with E-state index in [0.29, 0.717) is 37.1 Å². The number of phenolic OH excluding ortho intramolecular Hbond substituents is 3. The van der Waals surface area contributed by atoms with Crippen molar-refractivity contribution in [2.45, 2.75) is 196 Å². The molecule has 0 unspecified atom stereocenters. The van der Waals surface area contributed by atoms with Crippen molar-refractivity contribution in [2.24, 2.45) is 0 Å². The highest BCUT2D eigenvalue weighted by atomic mass is 31.2. The molecule has 6 nitrogen and oxygen atoms in total. The number of benzene rings is 3. The summed E-state index contributed by atoms with van der Waals surface area (Å²) in [7, 11) is -1.59. The van der Waals surface area contributed by atoms with Gasteiger partial charge in [0.2, 0.25) is 0 Å². The van der Waals surface area contributed by atoms with E-state index >= 15 is 0 Å². The predicted molar refractivity (Wildman–Crippen MR) is 246 cm³/mol. The maximum Gasteiger partial charge on any atom is 0.332 e. The molecule has 0 bridgehead atoms. The first-order valence-corrected chi connectivity index (χ1v) is 22.7. The Morgan fingerprint density at radius 2 is 0.517 bits per heavy atom. The van der Waals surface area contributed by atoms with E-state index in [0.717, 1.165) is 71.9 Å². The summed E-state index contributed by atoms with van der Waals surface area (Å²) in [5.74, 6) is 1.20. The minimum atomic E-state index is -1.59. The standard InChI is InChI=1S/C51H81O6P/c1-46(2,3)37-28-34(29-38(43(37)52)47(4,5)6)22-19-25-55-58(56-26-20-23-35-30-39(48(7,8)9)44(53)40(31-35)49(10,11)12)57-27-21-24-36-32-41(50(13,14)15)45(54)42(33-36)51(16,17)18/h28-33,52-54H,19-27H2,1-18H3. The molecular formula is C51H81O6P. The molecule has 3 N–H and O–H groups in total. The van der Waals surface area contributed by atoms with Crippen LogP contribution < -0.4 is 0 Å². The Hall–Kier alpha value is -2.63. The van der Waals surface area contributed by atoms with Crippen molar-refractivity contribution < 1.29 is 28.9 Å². The second kappa shape index (κ2) is 19.0. The molecule has 0 aromatic heterocycles. The van der Waals surface area contributed by atoms with Gasteiger partial charge in [0, 0.05) is 0 Å². The topological polar surface area (TPSA) is 88.4 Å². The minimum Gasteiger partial charge on any atom is -0.507 e. The molecular weight excluding hydrogens is 740 g/mol. The van der Waals surface area contributed by atoms with E-state index in [9.17, 15) is 15.3 Å². The number of hydrogen-bond acceptors (Lipinski definition) is 6. The van der Waals surface area contributed by atoms with E-state index < -0.39 is 8.60 Å². The van der Waals surface area contributed by atoms with Crippen molar-refractivity contribution in [3.63, 3.8) is 0 Å². The zero-order valence-corrected chi connectivity index (χ0v) is 40.7. The van der Waals surface area contributed by atoms with Crippen LogP contribution in [0.25, 0.3) is 0 Å². The Morgan fingerprint density at radius 3 is 0.672 bits per heavy atom. The van der Waals surface area contributed by atoms with Crippen molar-refractivity contribution >= 4 is 8.60 Å². The number of aryl methyl sites for hydroxylation is 3. The molecule has 58 heavy (non-hydrogen) atoms. The molecule has 3 aromatic carbocycles. The quantitative estimate of drug-likeness (QED) is 0.105. The normalized spacial score (nSPS) is 13.5. The highest BCUT2D eigenvalue weighted by Gasteiger charge is 2.29. The van der Waals surface area contributed by atoms with E-state index in [2.05, 4.69) is 161 Å². The first-order valence-electron chi connectivity index (χ1n) is 21.6. The van der Waals surface area contributed by atoms with Crippen LogP contribution in [0.4, 0.5) is 0 Å². The molecule has 3 aromatic rings. The Kier molecular flexibility index (Phi) is 16.3. The first kappa shape index (κ1) is 49.7. The van der Waals surface area contributed by atoms with Gasteiger partial charge in [-0.1, -0.05) is 161 Å². The van der Waals surface area contributed by atoms with Gasteiger partial charge < -0.3 is 28.9 Å². The van der Waals surface area contributed by atoms with Crippen LogP contribution in [0.15, 0.2) is 36.4 Å². The summed E-state index contributed by atoms with van der Waals surface area (Å²) in [6.45, 7) is 40.1. The minimum absolute atomic E-state index is 0.182. The van der Waals surface area contributed by atoms with Crippen LogP contribution in [0.5, 0.6) is 17.2 Å². The Labute approximate surface area is 355 Å². The largest absolute Gasteiger partial charge is 0.507 e. The lowest BCUT2D eigenvalue weighted by molar-refractivity contribution is 0.156. The third-order valence-corrected chi connectivity index (χ3v) is 12.0. The third kappa shape index (κ3) is 14.0. The van der Waals surface area contributed by atoms with Crippen molar-refractivity contribution in [3.8, 4) is 17.2 Å². The summed E-state index contributed by atoms with van der Waals surface area (Å²) in [4.78, 5) is 0. The molecule has 0 fully saturated rings. The molecule has 0 saturated heterocycles.